The molecule has 192 valence electrons. The van der Waals surface area contributed by atoms with Gasteiger partial charge in [-0.05, 0) is 55.9 Å². The maximum Gasteiger partial charge on any atom is 0.416 e. The lowest BCUT2D eigenvalue weighted by molar-refractivity contribution is -0.137. The predicted octanol–water partition coefficient (Wildman–Crippen LogP) is 6.63. The SMILES string of the molecule is CC(=O)CC1CCN(C(=O)c2cnc(Cl)c(Cc3cn(C)c4cc(C(F)(F)F)cc(C)c34)c2Cl)CC1. The Hall–Kier alpha value is -2.58. The van der Waals surface area contributed by atoms with E-state index < -0.39 is 11.7 Å². The molecule has 2 aromatic heterocycles. The number of benzene rings is 1. The number of aryl methyl sites for hydroxylation is 2. The molecule has 0 aliphatic carbocycles. The van der Waals surface area contributed by atoms with Crippen molar-refractivity contribution in [2.45, 2.75) is 45.7 Å². The number of alkyl halides is 3. The van der Waals surface area contributed by atoms with Crippen molar-refractivity contribution >= 4 is 45.8 Å². The largest absolute Gasteiger partial charge is 0.416 e. The first-order valence-electron chi connectivity index (χ1n) is 11.6. The topological polar surface area (TPSA) is 55.2 Å². The molecule has 0 spiro atoms. The molecule has 3 heterocycles. The van der Waals surface area contributed by atoms with E-state index in [1.807, 2.05) is 0 Å². The first-order chi connectivity index (χ1) is 16.9. The molecule has 0 bridgehead atoms. The second-order valence-electron chi connectivity index (χ2n) is 9.52. The molecule has 0 N–H and O–H groups in total. The number of hydrogen-bond acceptors (Lipinski definition) is 3. The van der Waals surface area contributed by atoms with Gasteiger partial charge in [0.05, 0.1) is 16.1 Å². The minimum Gasteiger partial charge on any atom is -0.350 e. The summed E-state index contributed by atoms with van der Waals surface area (Å²) in [6.45, 7) is 4.26. The number of hydrogen-bond donors (Lipinski definition) is 0. The van der Waals surface area contributed by atoms with Crippen LogP contribution in [0, 0.1) is 12.8 Å². The molecule has 10 heteroatoms. The molecule has 0 radical (unpaired) electrons. The summed E-state index contributed by atoms with van der Waals surface area (Å²) in [7, 11) is 1.68. The first kappa shape index (κ1) is 26.5. The summed E-state index contributed by atoms with van der Waals surface area (Å²) in [6, 6.07) is 2.26. The van der Waals surface area contributed by atoms with Gasteiger partial charge >= 0.3 is 6.18 Å². The Morgan fingerprint density at radius 1 is 1.17 bits per heavy atom. The molecule has 0 atom stereocenters. The van der Waals surface area contributed by atoms with Crippen molar-refractivity contribution in [3.63, 3.8) is 0 Å². The van der Waals surface area contributed by atoms with E-state index in [0.717, 1.165) is 30.5 Å². The molecule has 1 aromatic carbocycles. The average molecular weight is 540 g/mol. The number of carbonyl (C=O) groups excluding carboxylic acids is 2. The number of fused-ring (bicyclic) bond motifs is 1. The van der Waals surface area contributed by atoms with E-state index in [4.69, 9.17) is 23.2 Å². The average Bonchev–Trinajstić information content (AvgIpc) is 3.11. The Labute approximate surface area is 217 Å². The van der Waals surface area contributed by atoms with Crippen molar-refractivity contribution < 1.29 is 22.8 Å². The maximum atomic E-state index is 13.3. The number of rotatable bonds is 5. The third kappa shape index (κ3) is 5.25. The van der Waals surface area contributed by atoms with Gasteiger partial charge in [-0.1, -0.05) is 23.2 Å². The number of Topliss-reactive ketones (excluding diaryl/α,β-unsaturated/α-hetero) is 1. The number of aromatic nitrogens is 2. The Kier molecular flexibility index (Phi) is 7.40. The van der Waals surface area contributed by atoms with Crippen LogP contribution >= 0.6 is 23.2 Å². The molecule has 36 heavy (non-hydrogen) atoms. The molecule has 1 aliphatic rings. The highest BCUT2D eigenvalue weighted by molar-refractivity contribution is 6.37. The van der Waals surface area contributed by atoms with E-state index in [1.165, 1.54) is 6.20 Å². The van der Waals surface area contributed by atoms with E-state index in [9.17, 15) is 22.8 Å². The highest BCUT2D eigenvalue weighted by Gasteiger charge is 2.32. The Morgan fingerprint density at radius 2 is 1.83 bits per heavy atom. The maximum absolute atomic E-state index is 13.3. The first-order valence-corrected chi connectivity index (χ1v) is 12.4. The highest BCUT2D eigenvalue weighted by Crippen LogP contribution is 2.37. The van der Waals surface area contributed by atoms with Crippen molar-refractivity contribution in [3.05, 3.63) is 62.5 Å². The zero-order chi connectivity index (χ0) is 26.4. The number of piperidine rings is 1. The lowest BCUT2D eigenvalue weighted by Crippen LogP contribution is -2.39. The van der Waals surface area contributed by atoms with Gasteiger partial charge < -0.3 is 14.3 Å². The number of likely N-dealkylation sites (tertiary alicyclic amines) is 1. The number of carbonyl (C=O) groups is 2. The predicted molar refractivity (Wildman–Crippen MR) is 134 cm³/mol. The fourth-order valence-corrected chi connectivity index (χ4v) is 5.59. The minimum atomic E-state index is -4.45. The number of nitrogens with zero attached hydrogens (tertiary/aromatic N) is 3. The molecule has 1 amide bonds. The van der Waals surface area contributed by atoms with Crippen LogP contribution in [0.5, 0.6) is 0 Å². The lowest BCUT2D eigenvalue weighted by atomic mass is 9.92. The van der Waals surface area contributed by atoms with E-state index in [1.54, 1.807) is 36.6 Å². The summed E-state index contributed by atoms with van der Waals surface area (Å²) in [6.07, 6.45) is 0.869. The van der Waals surface area contributed by atoms with Gasteiger partial charge in [0, 0.05) is 61.8 Å². The summed E-state index contributed by atoms with van der Waals surface area (Å²) >= 11 is 13.1. The van der Waals surface area contributed by atoms with Crippen LogP contribution in [0.25, 0.3) is 10.9 Å². The van der Waals surface area contributed by atoms with Crippen molar-refractivity contribution in [1.82, 2.24) is 14.5 Å². The number of halogens is 5. The molecule has 3 aromatic rings. The van der Waals surface area contributed by atoms with Gasteiger partial charge in [-0.25, -0.2) is 4.98 Å². The lowest BCUT2D eigenvalue weighted by Gasteiger charge is -2.32. The van der Waals surface area contributed by atoms with Crippen LogP contribution in [0.15, 0.2) is 24.5 Å². The monoisotopic (exact) mass is 539 g/mol. The number of amides is 1. The third-order valence-electron chi connectivity index (χ3n) is 6.83. The molecular formula is C26H26Cl2F3N3O2. The molecule has 1 saturated heterocycles. The van der Waals surface area contributed by atoms with Crippen LogP contribution in [-0.2, 0) is 24.4 Å². The number of pyridine rings is 1. The fourth-order valence-electron chi connectivity index (χ4n) is 5.05. The van der Waals surface area contributed by atoms with Crippen LogP contribution in [0.1, 0.15) is 58.8 Å². The molecule has 4 rings (SSSR count). The standard InChI is InChI=1S/C26H26Cl2F3N3O2/c1-14-8-18(26(29,30)31)11-21-22(14)17(13-33(21)3)10-19-23(27)20(12-32-24(19)28)25(36)34-6-4-16(5-7-34)9-15(2)35/h8,11-13,16H,4-7,9-10H2,1-3H3. The quantitative estimate of drug-likeness (QED) is 0.342. The molecule has 1 fully saturated rings. The van der Waals surface area contributed by atoms with Gasteiger partial charge in [-0.2, -0.15) is 13.2 Å². The molecule has 5 nitrogen and oxygen atoms in total. The van der Waals surface area contributed by atoms with Crippen LogP contribution < -0.4 is 0 Å². The van der Waals surface area contributed by atoms with Gasteiger partial charge in [-0.3, -0.25) is 4.79 Å². The van der Waals surface area contributed by atoms with Gasteiger partial charge in [-0.15, -0.1) is 0 Å². The van der Waals surface area contributed by atoms with E-state index in [-0.39, 0.29) is 39.8 Å². The van der Waals surface area contributed by atoms with Gasteiger partial charge in [0.15, 0.2) is 0 Å². The minimum absolute atomic E-state index is 0.137. The van der Waals surface area contributed by atoms with Gasteiger partial charge in [0.25, 0.3) is 5.91 Å². The Bertz CT molecular complexity index is 1340. The van der Waals surface area contributed by atoms with Crippen LogP contribution in [0.3, 0.4) is 0 Å². The van der Waals surface area contributed by atoms with Crippen molar-refractivity contribution in [1.29, 1.82) is 0 Å². The number of ketones is 1. The second kappa shape index (κ2) is 10.1. The van der Waals surface area contributed by atoms with Crippen LogP contribution in [0.2, 0.25) is 10.2 Å². The van der Waals surface area contributed by atoms with Gasteiger partial charge in [0.1, 0.15) is 10.9 Å². The zero-order valence-electron chi connectivity index (χ0n) is 20.2. The van der Waals surface area contributed by atoms with Crippen LogP contribution in [-0.4, -0.2) is 39.2 Å². The Morgan fingerprint density at radius 3 is 2.44 bits per heavy atom. The molecule has 0 saturated carbocycles. The summed E-state index contributed by atoms with van der Waals surface area (Å²) in [5.74, 6) is 0.164. The summed E-state index contributed by atoms with van der Waals surface area (Å²) in [4.78, 5) is 30.6. The smallest absolute Gasteiger partial charge is 0.350 e. The molecule has 0 unspecified atom stereocenters. The van der Waals surface area contributed by atoms with Crippen molar-refractivity contribution in [2.75, 3.05) is 13.1 Å². The normalized spacial score (nSPS) is 15.1. The van der Waals surface area contributed by atoms with E-state index in [2.05, 4.69) is 4.98 Å². The highest BCUT2D eigenvalue weighted by atomic mass is 35.5. The summed E-state index contributed by atoms with van der Waals surface area (Å²) in [5, 5.41) is 1.01. The summed E-state index contributed by atoms with van der Waals surface area (Å²) in [5.41, 5.74) is 1.63. The Balaban J connectivity index is 1.64. The second-order valence-corrected chi connectivity index (χ2v) is 10.3. The molecule has 1 aliphatic heterocycles. The van der Waals surface area contributed by atoms with Gasteiger partial charge in [0.2, 0.25) is 0 Å². The summed E-state index contributed by atoms with van der Waals surface area (Å²) < 4.78 is 41.6. The molecular weight excluding hydrogens is 514 g/mol. The van der Waals surface area contributed by atoms with Crippen molar-refractivity contribution in [3.8, 4) is 0 Å². The zero-order valence-corrected chi connectivity index (χ0v) is 21.7. The van der Waals surface area contributed by atoms with Crippen LogP contribution in [0.4, 0.5) is 13.2 Å². The van der Waals surface area contributed by atoms with E-state index in [0.29, 0.717) is 41.5 Å². The van der Waals surface area contributed by atoms with E-state index >= 15 is 0 Å². The third-order valence-corrected chi connectivity index (χ3v) is 7.58. The fraction of sp³-hybridized carbons (Fsp3) is 0.423. The van der Waals surface area contributed by atoms with Crippen molar-refractivity contribution in [2.24, 2.45) is 13.0 Å².